The summed E-state index contributed by atoms with van der Waals surface area (Å²) in [6, 6.07) is 7.88. The SMILES string of the molecule is C[C@@H](NCC/C(N)=N/O)c1ccc(Cl)cc1. The Morgan fingerprint density at radius 3 is 2.69 bits per heavy atom. The van der Waals surface area contributed by atoms with E-state index in [0.717, 1.165) is 10.6 Å². The lowest BCUT2D eigenvalue weighted by molar-refractivity contribution is 0.316. The van der Waals surface area contributed by atoms with Crippen LogP contribution in [0.1, 0.15) is 24.9 Å². The Kier molecular flexibility index (Phi) is 5.08. The average Bonchev–Trinajstić information content (AvgIpc) is 2.29. The lowest BCUT2D eigenvalue weighted by Gasteiger charge is -2.13. The molecule has 0 radical (unpaired) electrons. The van der Waals surface area contributed by atoms with Crippen LogP contribution in [0, 0.1) is 0 Å². The van der Waals surface area contributed by atoms with Gasteiger partial charge >= 0.3 is 0 Å². The van der Waals surface area contributed by atoms with E-state index in [1.807, 2.05) is 24.3 Å². The van der Waals surface area contributed by atoms with Crippen LogP contribution < -0.4 is 11.1 Å². The Morgan fingerprint density at radius 2 is 2.12 bits per heavy atom. The molecule has 1 aromatic carbocycles. The largest absolute Gasteiger partial charge is 0.409 e. The van der Waals surface area contributed by atoms with Crippen molar-refractivity contribution >= 4 is 17.4 Å². The molecule has 0 spiro atoms. The predicted octanol–water partition coefficient (Wildman–Crippen LogP) is 2.13. The number of nitrogens with two attached hydrogens (primary N) is 1. The minimum absolute atomic E-state index is 0.212. The number of halogens is 1. The second-order valence-electron chi connectivity index (χ2n) is 3.57. The van der Waals surface area contributed by atoms with Gasteiger partial charge in [-0.15, -0.1) is 0 Å². The minimum Gasteiger partial charge on any atom is -0.409 e. The van der Waals surface area contributed by atoms with Gasteiger partial charge in [0.25, 0.3) is 0 Å². The summed E-state index contributed by atoms with van der Waals surface area (Å²) in [5.74, 6) is 0.232. The van der Waals surface area contributed by atoms with Crippen molar-refractivity contribution in [1.82, 2.24) is 5.32 Å². The number of nitrogens with zero attached hydrogens (tertiary/aromatic N) is 1. The van der Waals surface area contributed by atoms with E-state index in [-0.39, 0.29) is 11.9 Å². The van der Waals surface area contributed by atoms with Gasteiger partial charge in [0, 0.05) is 24.0 Å². The highest BCUT2D eigenvalue weighted by atomic mass is 35.5. The molecule has 4 N–H and O–H groups in total. The van der Waals surface area contributed by atoms with Crippen molar-refractivity contribution in [2.45, 2.75) is 19.4 Å². The van der Waals surface area contributed by atoms with Gasteiger partial charge < -0.3 is 16.3 Å². The van der Waals surface area contributed by atoms with Crippen LogP contribution >= 0.6 is 11.6 Å². The van der Waals surface area contributed by atoms with Gasteiger partial charge in [0.1, 0.15) is 5.84 Å². The third kappa shape index (κ3) is 4.08. The van der Waals surface area contributed by atoms with E-state index in [2.05, 4.69) is 17.4 Å². The zero-order valence-electron chi connectivity index (χ0n) is 9.15. The van der Waals surface area contributed by atoms with E-state index in [1.165, 1.54) is 0 Å². The lowest BCUT2D eigenvalue weighted by Crippen LogP contribution is -2.24. The summed E-state index contributed by atoms with van der Waals surface area (Å²) in [5, 5.41) is 15.3. The number of amidine groups is 1. The van der Waals surface area contributed by atoms with Crippen LogP contribution in [0.25, 0.3) is 0 Å². The highest BCUT2D eigenvalue weighted by molar-refractivity contribution is 6.30. The normalized spacial score (nSPS) is 13.8. The van der Waals surface area contributed by atoms with Gasteiger partial charge in [0.2, 0.25) is 0 Å². The van der Waals surface area contributed by atoms with Crippen molar-refractivity contribution in [3.05, 3.63) is 34.9 Å². The summed E-state index contributed by atoms with van der Waals surface area (Å²) in [6.07, 6.45) is 0.522. The van der Waals surface area contributed by atoms with Gasteiger partial charge in [-0.05, 0) is 24.6 Å². The standard InChI is InChI=1S/C11H16ClN3O/c1-8(14-7-6-11(13)15-16)9-2-4-10(12)5-3-9/h2-5,8,14,16H,6-7H2,1H3,(H2,13,15)/t8-/m1/s1. The highest BCUT2D eigenvalue weighted by Crippen LogP contribution is 2.15. The summed E-state index contributed by atoms with van der Waals surface area (Å²) in [6.45, 7) is 2.72. The molecule has 0 saturated heterocycles. The number of benzene rings is 1. The van der Waals surface area contributed by atoms with Crippen LogP contribution in [0.2, 0.25) is 5.02 Å². The maximum Gasteiger partial charge on any atom is 0.140 e. The third-order valence-electron chi connectivity index (χ3n) is 2.33. The smallest absolute Gasteiger partial charge is 0.140 e. The first kappa shape index (κ1) is 12.8. The Labute approximate surface area is 100 Å². The van der Waals surface area contributed by atoms with Crippen molar-refractivity contribution in [2.24, 2.45) is 10.9 Å². The van der Waals surface area contributed by atoms with E-state index < -0.39 is 0 Å². The van der Waals surface area contributed by atoms with Crippen molar-refractivity contribution in [3.63, 3.8) is 0 Å². The highest BCUT2D eigenvalue weighted by Gasteiger charge is 2.04. The van der Waals surface area contributed by atoms with Gasteiger partial charge in [-0.1, -0.05) is 28.9 Å². The van der Waals surface area contributed by atoms with E-state index in [4.69, 9.17) is 22.5 Å². The number of hydrogen-bond acceptors (Lipinski definition) is 3. The van der Waals surface area contributed by atoms with Crippen LogP contribution in [0.3, 0.4) is 0 Å². The summed E-state index contributed by atoms with van der Waals surface area (Å²) in [4.78, 5) is 0. The van der Waals surface area contributed by atoms with Crippen LogP contribution in [0.4, 0.5) is 0 Å². The summed E-state index contributed by atoms with van der Waals surface area (Å²) < 4.78 is 0. The fraction of sp³-hybridized carbons (Fsp3) is 0.364. The number of rotatable bonds is 5. The number of oxime groups is 1. The van der Waals surface area contributed by atoms with Gasteiger partial charge in [-0.3, -0.25) is 0 Å². The fourth-order valence-corrected chi connectivity index (χ4v) is 1.46. The van der Waals surface area contributed by atoms with Gasteiger partial charge in [-0.2, -0.15) is 0 Å². The van der Waals surface area contributed by atoms with Crippen LogP contribution in [-0.2, 0) is 0 Å². The molecular formula is C11H16ClN3O. The predicted molar refractivity (Wildman–Crippen MR) is 65.9 cm³/mol. The fourth-order valence-electron chi connectivity index (χ4n) is 1.34. The first-order valence-electron chi connectivity index (χ1n) is 5.08. The first-order valence-corrected chi connectivity index (χ1v) is 5.46. The van der Waals surface area contributed by atoms with Crippen molar-refractivity contribution in [2.75, 3.05) is 6.54 Å². The molecule has 16 heavy (non-hydrogen) atoms. The molecule has 0 aliphatic rings. The van der Waals surface area contributed by atoms with E-state index in [9.17, 15) is 0 Å². The lowest BCUT2D eigenvalue weighted by atomic mass is 10.1. The molecular weight excluding hydrogens is 226 g/mol. The van der Waals surface area contributed by atoms with Crippen LogP contribution in [0.5, 0.6) is 0 Å². The molecule has 0 fully saturated rings. The molecule has 1 aromatic rings. The molecule has 0 unspecified atom stereocenters. The Balaban J connectivity index is 2.40. The zero-order valence-corrected chi connectivity index (χ0v) is 9.91. The molecule has 0 amide bonds. The maximum atomic E-state index is 8.37. The Bertz CT molecular complexity index is 351. The van der Waals surface area contributed by atoms with Crippen molar-refractivity contribution in [1.29, 1.82) is 0 Å². The molecule has 0 aliphatic carbocycles. The van der Waals surface area contributed by atoms with Gasteiger partial charge in [0.05, 0.1) is 0 Å². The summed E-state index contributed by atoms with van der Waals surface area (Å²) in [7, 11) is 0. The molecule has 0 aromatic heterocycles. The monoisotopic (exact) mass is 241 g/mol. The van der Waals surface area contributed by atoms with Crippen molar-refractivity contribution < 1.29 is 5.21 Å². The van der Waals surface area contributed by atoms with Crippen molar-refractivity contribution in [3.8, 4) is 0 Å². The molecule has 1 atom stereocenters. The maximum absolute atomic E-state index is 8.37. The number of nitrogens with one attached hydrogen (secondary N) is 1. The summed E-state index contributed by atoms with van der Waals surface area (Å²) in [5.41, 5.74) is 6.52. The topological polar surface area (TPSA) is 70.6 Å². The van der Waals surface area contributed by atoms with E-state index >= 15 is 0 Å². The molecule has 1 rings (SSSR count). The van der Waals surface area contributed by atoms with Crippen LogP contribution in [-0.4, -0.2) is 17.6 Å². The summed E-state index contributed by atoms with van der Waals surface area (Å²) >= 11 is 5.80. The second kappa shape index (κ2) is 6.35. The molecule has 5 heteroatoms. The Morgan fingerprint density at radius 1 is 1.50 bits per heavy atom. The molecule has 0 aliphatic heterocycles. The van der Waals surface area contributed by atoms with E-state index in [0.29, 0.717) is 13.0 Å². The Hall–Kier alpha value is -1.26. The quantitative estimate of drug-likeness (QED) is 0.320. The molecule has 0 saturated carbocycles. The molecule has 0 bridgehead atoms. The number of hydrogen-bond donors (Lipinski definition) is 3. The molecule has 88 valence electrons. The zero-order chi connectivity index (χ0) is 12.0. The first-order chi connectivity index (χ1) is 7.63. The van der Waals surface area contributed by atoms with Gasteiger partial charge in [-0.25, -0.2) is 0 Å². The van der Waals surface area contributed by atoms with Crippen LogP contribution in [0.15, 0.2) is 29.4 Å². The second-order valence-corrected chi connectivity index (χ2v) is 4.01. The van der Waals surface area contributed by atoms with Gasteiger partial charge in [0.15, 0.2) is 0 Å². The molecule has 4 nitrogen and oxygen atoms in total. The minimum atomic E-state index is 0.212. The third-order valence-corrected chi connectivity index (χ3v) is 2.58. The van der Waals surface area contributed by atoms with E-state index in [1.54, 1.807) is 0 Å². The molecule has 0 heterocycles. The average molecular weight is 242 g/mol.